The number of rotatable bonds is 5. The maximum atomic E-state index is 4.65. The summed E-state index contributed by atoms with van der Waals surface area (Å²) in [5.74, 6) is 1.06. The predicted octanol–water partition coefficient (Wildman–Crippen LogP) is 5.17. The van der Waals surface area contributed by atoms with Gasteiger partial charge in [0.1, 0.15) is 0 Å². The molecule has 0 saturated heterocycles. The van der Waals surface area contributed by atoms with Gasteiger partial charge < -0.3 is 10.2 Å². The van der Waals surface area contributed by atoms with E-state index in [0.29, 0.717) is 6.04 Å². The number of hydrogen-bond donors (Lipinski definition) is 1. The van der Waals surface area contributed by atoms with Crippen LogP contribution in [0.5, 0.6) is 0 Å². The zero-order chi connectivity index (χ0) is 16.2. The molecule has 1 N–H and O–H groups in total. The Morgan fingerprint density at radius 1 is 1.21 bits per heavy atom. The van der Waals surface area contributed by atoms with E-state index in [1.807, 2.05) is 0 Å². The first-order valence-corrected chi connectivity index (χ1v) is 9.24. The molecule has 0 saturated carbocycles. The van der Waals surface area contributed by atoms with Crippen LogP contribution in [-0.2, 0) is 6.54 Å². The monoisotopic (exact) mass is 501 g/mol. The Kier molecular flexibility index (Phi) is 7.34. The molecule has 0 aliphatic carbocycles. The van der Waals surface area contributed by atoms with Gasteiger partial charge in [0, 0.05) is 23.6 Å². The highest BCUT2D eigenvalue weighted by Crippen LogP contribution is 2.25. The number of benzene rings is 2. The molecule has 5 heteroatoms. The van der Waals surface area contributed by atoms with Gasteiger partial charge in [-0.3, -0.25) is 4.99 Å². The van der Waals surface area contributed by atoms with E-state index in [1.165, 1.54) is 29.2 Å². The lowest BCUT2D eigenvalue weighted by Gasteiger charge is -2.29. The summed E-state index contributed by atoms with van der Waals surface area (Å²) in [4.78, 5) is 7.08. The van der Waals surface area contributed by atoms with Crippen LogP contribution < -0.4 is 5.32 Å². The Bertz CT molecular complexity index is 713. The van der Waals surface area contributed by atoms with Crippen LogP contribution in [0.25, 0.3) is 10.8 Å². The van der Waals surface area contributed by atoms with Gasteiger partial charge in [0.05, 0.1) is 6.54 Å². The average Bonchev–Trinajstić information content (AvgIpc) is 3.03. The third-order valence-electron chi connectivity index (χ3n) is 4.58. The molecule has 0 aromatic heterocycles. The van der Waals surface area contributed by atoms with Crippen LogP contribution in [0.4, 0.5) is 0 Å². The van der Waals surface area contributed by atoms with E-state index in [4.69, 9.17) is 0 Å². The molecule has 130 valence electrons. The minimum atomic E-state index is 0. The first-order valence-electron chi connectivity index (χ1n) is 8.45. The summed E-state index contributed by atoms with van der Waals surface area (Å²) in [5, 5.41) is 6.07. The topological polar surface area (TPSA) is 27.6 Å². The Morgan fingerprint density at radius 3 is 2.71 bits per heavy atom. The second kappa shape index (κ2) is 9.04. The number of nitrogens with zero attached hydrogens (tertiary/aromatic N) is 2. The van der Waals surface area contributed by atoms with Gasteiger partial charge >= 0.3 is 0 Å². The van der Waals surface area contributed by atoms with E-state index in [1.54, 1.807) is 0 Å². The van der Waals surface area contributed by atoms with Gasteiger partial charge in [-0.25, -0.2) is 0 Å². The number of nitrogens with one attached hydrogen (secondary N) is 1. The molecule has 0 amide bonds. The molecule has 0 bridgehead atoms. The highest BCUT2D eigenvalue weighted by Gasteiger charge is 2.22. The summed E-state index contributed by atoms with van der Waals surface area (Å²) in [6, 6.07) is 13.5. The normalized spacial score (nSPS) is 14.0. The van der Waals surface area contributed by atoms with Gasteiger partial charge in [-0.15, -0.1) is 24.0 Å². The van der Waals surface area contributed by atoms with Gasteiger partial charge in [-0.1, -0.05) is 54.0 Å². The van der Waals surface area contributed by atoms with E-state index in [2.05, 4.69) is 81.4 Å². The summed E-state index contributed by atoms with van der Waals surface area (Å²) >= 11 is 3.69. The van der Waals surface area contributed by atoms with E-state index < -0.39 is 0 Å². The third-order valence-corrected chi connectivity index (χ3v) is 5.24. The highest BCUT2D eigenvalue weighted by molar-refractivity contribution is 14.0. The number of fused-ring (bicyclic) bond motifs is 1. The number of hydrogen-bond acceptors (Lipinski definition) is 3. The molecule has 0 atom stereocenters. The number of guanidine groups is 1. The maximum Gasteiger partial charge on any atom is 0.194 e. The van der Waals surface area contributed by atoms with Crippen LogP contribution >= 0.6 is 39.9 Å². The molecule has 1 aliphatic heterocycles. The quantitative estimate of drug-likeness (QED) is 0.572. The van der Waals surface area contributed by atoms with Gasteiger partial charge in [-0.05, 0) is 41.3 Å². The fraction of sp³-hybridized carbons (Fsp3) is 0.421. The van der Waals surface area contributed by atoms with Crippen LogP contribution in [0.15, 0.2) is 45.9 Å². The minimum Gasteiger partial charge on any atom is -0.352 e. The molecule has 0 radical (unpaired) electrons. The molecular formula is C19H25BrIN3. The van der Waals surface area contributed by atoms with E-state index in [9.17, 15) is 0 Å². The second-order valence-electron chi connectivity index (χ2n) is 6.02. The van der Waals surface area contributed by atoms with Gasteiger partial charge in [0.15, 0.2) is 5.96 Å². The lowest BCUT2D eigenvalue weighted by molar-refractivity contribution is 0.309. The number of aliphatic imine (C=N–C) groups is 1. The van der Waals surface area contributed by atoms with Crippen LogP contribution in [0.1, 0.15) is 32.3 Å². The minimum absolute atomic E-state index is 0. The zero-order valence-electron chi connectivity index (χ0n) is 14.3. The molecule has 1 heterocycles. The van der Waals surface area contributed by atoms with Gasteiger partial charge in [0.2, 0.25) is 0 Å². The van der Waals surface area contributed by atoms with Crippen LogP contribution in [0, 0.1) is 0 Å². The summed E-state index contributed by atoms with van der Waals surface area (Å²) in [7, 11) is 0. The van der Waals surface area contributed by atoms with Crippen molar-refractivity contribution in [2.45, 2.75) is 39.3 Å². The summed E-state index contributed by atoms with van der Waals surface area (Å²) < 4.78 is 1.15. The van der Waals surface area contributed by atoms with Gasteiger partial charge in [0.25, 0.3) is 0 Å². The molecule has 0 unspecified atom stereocenters. The first-order chi connectivity index (χ1) is 11.2. The smallest absolute Gasteiger partial charge is 0.194 e. The highest BCUT2D eigenvalue weighted by atomic mass is 127. The van der Waals surface area contributed by atoms with E-state index in [0.717, 1.165) is 30.1 Å². The molecule has 1 aliphatic rings. The molecule has 3 rings (SSSR count). The summed E-state index contributed by atoms with van der Waals surface area (Å²) in [6.45, 7) is 7.25. The van der Waals surface area contributed by atoms with Crippen molar-refractivity contribution in [3.63, 3.8) is 0 Å². The number of halogens is 2. The van der Waals surface area contributed by atoms with Crippen molar-refractivity contribution < 1.29 is 0 Å². The molecule has 24 heavy (non-hydrogen) atoms. The Hall–Kier alpha value is -0.820. The Morgan fingerprint density at radius 2 is 1.96 bits per heavy atom. The lowest BCUT2D eigenvalue weighted by atomic mass is 10.1. The fourth-order valence-electron chi connectivity index (χ4n) is 3.31. The van der Waals surface area contributed by atoms with E-state index in [-0.39, 0.29) is 24.0 Å². The standard InChI is InChI=1S/C19H24BrN3.HI/c1-3-16(4-2)23-10-9-21-19(23)22-13-14-11-15-7-5-6-8-17(15)18(20)12-14;/h5-8,11-12,16H,3-4,9-10,13H2,1-2H3,(H,21,22);1H. The summed E-state index contributed by atoms with van der Waals surface area (Å²) in [5.41, 5.74) is 1.27. The van der Waals surface area contributed by atoms with Crippen molar-refractivity contribution in [3.8, 4) is 0 Å². The summed E-state index contributed by atoms with van der Waals surface area (Å²) in [6.07, 6.45) is 2.33. The van der Waals surface area contributed by atoms with Crippen LogP contribution in [-0.4, -0.2) is 30.0 Å². The second-order valence-corrected chi connectivity index (χ2v) is 6.88. The van der Waals surface area contributed by atoms with Crippen LogP contribution in [0.3, 0.4) is 0 Å². The molecule has 0 spiro atoms. The molecule has 0 fully saturated rings. The van der Waals surface area contributed by atoms with Crippen LogP contribution in [0.2, 0.25) is 0 Å². The molecule has 3 nitrogen and oxygen atoms in total. The SMILES string of the molecule is CCC(CC)N1CCN=C1NCc1cc(Br)c2ccccc2c1.I. The Labute approximate surface area is 170 Å². The van der Waals surface area contributed by atoms with Crippen molar-refractivity contribution in [2.24, 2.45) is 4.99 Å². The zero-order valence-corrected chi connectivity index (χ0v) is 18.2. The lowest BCUT2D eigenvalue weighted by Crippen LogP contribution is -2.44. The van der Waals surface area contributed by atoms with Crippen molar-refractivity contribution in [1.82, 2.24) is 10.2 Å². The molecule has 2 aromatic carbocycles. The van der Waals surface area contributed by atoms with Gasteiger partial charge in [-0.2, -0.15) is 0 Å². The van der Waals surface area contributed by atoms with Crippen molar-refractivity contribution >= 4 is 56.6 Å². The van der Waals surface area contributed by atoms with Crippen molar-refractivity contribution in [3.05, 3.63) is 46.4 Å². The molecular weight excluding hydrogens is 477 g/mol. The van der Waals surface area contributed by atoms with Crippen molar-refractivity contribution in [2.75, 3.05) is 13.1 Å². The maximum absolute atomic E-state index is 4.65. The predicted molar refractivity (Wildman–Crippen MR) is 117 cm³/mol. The Balaban J connectivity index is 0.00000208. The fourth-order valence-corrected chi connectivity index (χ4v) is 3.96. The van der Waals surface area contributed by atoms with Crippen molar-refractivity contribution in [1.29, 1.82) is 0 Å². The average molecular weight is 502 g/mol. The largest absolute Gasteiger partial charge is 0.352 e. The van der Waals surface area contributed by atoms with E-state index >= 15 is 0 Å². The molecule has 2 aromatic rings. The third kappa shape index (κ3) is 4.23. The first kappa shape index (κ1) is 19.5.